The smallest absolute Gasteiger partial charge is 0.355 e. The Kier molecular flexibility index (Phi) is 5.16. The number of carbonyl (C=O) groups excluding carboxylic acids is 1. The summed E-state index contributed by atoms with van der Waals surface area (Å²) in [7, 11) is 3.12. The van der Waals surface area contributed by atoms with Gasteiger partial charge in [0.25, 0.3) is 0 Å². The summed E-state index contributed by atoms with van der Waals surface area (Å²) in [5.41, 5.74) is 1.24. The summed E-state index contributed by atoms with van der Waals surface area (Å²) in [5.74, 6) is -0.391. The van der Waals surface area contributed by atoms with Gasteiger partial charge in [0.15, 0.2) is 5.71 Å². The molecule has 0 bridgehead atoms. The van der Waals surface area contributed by atoms with E-state index in [2.05, 4.69) is 22.2 Å². The summed E-state index contributed by atoms with van der Waals surface area (Å²) in [6.07, 6.45) is 2.30. The average molecular weight is 332 g/mol. The van der Waals surface area contributed by atoms with Crippen LogP contribution in [-0.2, 0) is 19.1 Å². The molecule has 1 aromatic carbocycles. The molecule has 1 saturated heterocycles. The molecule has 3 rings (SSSR count). The van der Waals surface area contributed by atoms with Crippen molar-refractivity contribution in [1.82, 2.24) is 4.90 Å². The number of rotatable bonds is 5. The molecule has 1 fully saturated rings. The van der Waals surface area contributed by atoms with Crippen LogP contribution in [0.15, 0.2) is 35.5 Å². The minimum absolute atomic E-state index is 0.0617. The third-order valence-corrected chi connectivity index (χ3v) is 4.91. The number of hydrogen-bond donors (Lipinski definition) is 0. The lowest BCUT2D eigenvalue weighted by molar-refractivity contribution is -0.132. The molecule has 0 aliphatic carbocycles. The number of oxime groups is 1. The van der Waals surface area contributed by atoms with Crippen molar-refractivity contribution in [1.29, 1.82) is 0 Å². The van der Waals surface area contributed by atoms with Crippen LogP contribution < -0.4 is 0 Å². The highest BCUT2D eigenvalue weighted by atomic mass is 16.7. The monoisotopic (exact) mass is 332 g/mol. The van der Waals surface area contributed by atoms with Gasteiger partial charge in [0.2, 0.25) is 0 Å². The lowest BCUT2D eigenvalue weighted by atomic mass is 9.86. The fourth-order valence-corrected chi connectivity index (χ4v) is 3.38. The largest absolute Gasteiger partial charge is 0.464 e. The van der Waals surface area contributed by atoms with Crippen LogP contribution in [0.3, 0.4) is 0 Å². The van der Waals surface area contributed by atoms with Crippen LogP contribution in [0.25, 0.3) is 0 Å². The maximum absolute atomic E-state index is 11.6. The zero-order chi connectivity index (χ0) is 17.0. The molecule has 0 amide bonds. The Labute approximate surface area is 142 Å². The van der Waals surface area contributed by atoms with E-state index in [1.807, 2.05) is 18.2 Å². The second-order valence-corrected chi connectivity index (χ2v) is 6.42. The van der Waals surface area contributed by atoms with Crippen molar-refractivity contribution >= 4 is 11.7 Å². The molecular formula is C18H24N2O4. The van der Waals surface area contributed by atoms with Crippen molar-refractivity contribution in [2.45, 2.75) is 31.0 Å². The van der Waals surface area contributed by atoms with E-state index < -0.39 is 5.97 Å². The molecule has 2 heterocycles. The van der Waals surface area contributed by atoms with Crippen molar-refractivity contribution in [3.8, 4) is 0 Å². The number of carbonyl (C=O) groups is 1. The van der Waals surface area contributed by atoms with Gasteiger partial charge in [0, 0.05) is 46.0 Å². The molecule has 130 valence electrons. The first-order valence-corrected chi connectivity index (χ1v) is 8.29. The summed E-state index contributed by atoms with van der Waals surface area (Å²) in [6.45, 7) is 2.65. The minimum Gasteiger partial charge on any atom is -0.464 e. The Balaban J connectivity index is 1.53. The number of nitrogens with zero attached hydrogens (tertiary/aromatic N) is 2. The van der Waals surface area contributed by atoms with Crippen LogP contribution in [0.2, 0.25) is 0 Å². The maximum Gasteiger partial charge on any atom is 0.355 e. The zero-order valence-corrected chi connectivity index (χ0v) is 14.2. The highest BCUT2D eigenvalue weighted by Gasteiger charge is 2.44. The molecule has 1 spiro atoms. The molecule has 1 aromatic rings. The van der Waals surface area contributed by atoms with Crippen LogP contribution >= 0.6 is 0 Å². The predicted molar refractivity (Wildman–Crippen MR) is 89.8 cm³/mol. The van der Waals surface area contributed by atoms with E-state index >= 15 is 0 Å². The van der Waals surface area contributed by atoms with Gasteiger partial charge in [0.05, 0.1) is 13.2 Å². The zero-order valence-electron chi connectivity index (χ0n) is 14.2. The van der Waals surface area contributed by atoms with E-state index in [0.29, 0.717) is 12.1 Å². The van der Waals surface area contributed by atoms with Crippen LogP contribution in [0, 0.1) is 0 Å². The molecule has 2 aliphatic rings. The first-order chi connectivity index (χ1) is 11.7. The van der Waals surface area contributed by atoms with Crippen molar-refractivity contribution in [3.63, 3.8) is 0 Å². The second kappa shape index (κ2) is 7.32. The third-order valence-electron chi connectivity index (χ3n) is 4.91. The van der Waals surface area contributed by atoms with Gasteiger partial charge < -0.3 is 19.2 Å². The Morgan fingerprint density at radius 2 is 2.00 bits per heavy atom. The summed E-state index contributed by atoms with van der Waals surface area (Å²) in [5, 5.41) is 3.93. The van der Waals surface area contributed by atoms with E-state index in [0.717, 1.165) is 32.5 Å². The first kappa shape index (κ1) is 16.9. The van der Waals surface area contributed by atoms with Crippen molar-refractivity contribution in [2.24, 2.45) is 5.16 Å². The standard InChI is InChI=1S/C18H24N2O4/c1-22-16(14-6-4-3-5-7-14)13-20-10-8-18(9-11-20)12-15(19-24-18)17(21)23-2/h3-7,16H,8-13H2,1-2H3/t16-/m0/s1. The molecule has 2 aliphatic heterocycles. The molecule has 0 saturated carbocycles. The highest BCUT2D eigenvalue weighted by Crippen LogP contribution is 2.35. The molecule has 0 unspecified atom stereocenters. The molecule has 0 radical (unpaired) electrons. The lowest BCUT2D eigenvalue weighted by Gasteiger charge is -2.38. The number of likely N-dealkylation sites (tertiary alicyclic amines) is 1. The Hall–Kier alpha value is -1.92. The van der Waals surface area contributed by atoms with E-state index in [-0.39, 0.29) is 11.7 Å². The van der Waals surface area contributed by atoms with Crippen molar-refractivity contribution in [2.75, 3.05) is 33.9 Å². The van der Waals surface area contributed by atoms with Gasteiger partial charge in [-0.2, -0.15) is 0 Å². The molecular weight excluding hydrogens is 308 g/mol. The van der Waals surface area contributed by atoms with E-state index in [1.165, 1.54) is 12.7 Å². The van der Waals surface area contributed by atoms with E-state index in [9.17, 15) is 4.79 Å². The van der Waals surface area contributed by atoms with E-state index in [1.54, 1.807) is 7.11 Å². The quantitative estimate of drug-likeness (QED) is 0.773. The average Bonchev–Trinajstić information content (AvgIpc) is 3.05. The summed E-state index contributed by atoms with van der Waals surface area (Å²) >= 11 is 0. The Morgan fingerprint density at radius 1 is 1.29 bits per heavy atom. The molecule has 6 nitrogen and oxygen atoms in total. The fourth-order valence-electron chi connectivity index (χ4n) is 3.38. The van der Waals surface area contributed by atoms with Gasteiger partial charge in [-0.15, -0.1) is 0 Å². The number of ether oxygens (including phenoxy) is 2. The predicted octanol–water partition coefficient (Wildman–Crippen LogP) is 2.16. The summed E-state index contributed by atoms with van der Waals surface area (Å²) in [4.78, 5) is 19.6. The van der Waals surface area contributed by atoms with Crippen LogP contribution in [-0.4, -0.2) is 56.0 Å². The topological polar surface area (TPSA) is 60.4 Å². The van der Waals surface area contributed by atoms with Gasteiger partial charge in [-0.05, 0) is 5.56 Å². The molecule has 0 aromatic heterocycles. The SMILES string of the molecule is COC(=O)C1=NOC2(CCN(C[C@H](OC)c3ccccc3)CC2)C1. The van der Waals surface area contributed by atoms with Crippen molar-refractivity contribution in [3.05, 3.63) is 35.9 Å². The lowest BCUT2D eigenvalue weighted by Crippen LogP contribution is -2.46. The maximum atomic E-state index is 11.6. The molecule has 6 heteroatoms. The van der Waals surface area contributed by atoms with Gasteiger partial charge in [-0.3, -0.25) is 0 Å². The Morgan fingerprint density at radius 3 is 2.62 bits per heavy atom. The number of methoxy groups -OCH3 is 2. The number of benzene rings is 1. The summed E-state index contributed by atoms with van der Waals surface area (Å²) in [6, 6.07) is 10.3. The first-order valence-electron chi connectivity index (χ1n) is 8.29. The van der Waals surface area contributed by atoms with Crippen LogP contribution in [0.1, 0.15) is 30.9 Å². The highest BCUT2D eigenvalue weighted by molar-refractivity contribution is 6.36. The second-order valence-electron chi connectivity index (χ2n) is 6.42. The summed E-state index contributed by atoms with van der Waals surface area (Å²) < 4.78 is 10.4. The molecule has 1 atom stereocenters. The molecule has 24 heavy (non-hydrogen) atoms. The van der Waals surface area contributed by atoms with Gasteiger partial charge in [-0.1, -0.05) is 35.5 Å². The van der Waals surface area contributed by atoms with Gasteiger partial charge in [0.1, 0.15) is 5.60 Å². The Bertz CT molecular complexity index is 594. The molecule has 0 N–H and O–H groups in total. The van der Waals surface area contributed by atoms with Crippen LogP contribution in [0.5, 0.6) is 0 Å². The van der Waals surface area contributed by atoms with Crippen LogP contribution in [0.4, 0.5) is 0 Å². The minimum atomic E-state index is -0.391. The van der Waals surface area contributed by atoms with Gasteiger partial charge >= 0.3 is 5.97 Å². The normalized spacial score (nSPS) is 21.2. The third kappa shape index (κ3) is 3.60. The number of esters is 1. The number of hydrogen-bond acceptors (Lipinski definition) is 6. The van der Waals surface area contributed by atoms with E-state index in [4.69, 9.17) is 14.3 Å². The fraction of sp³-hybridized carbons (Fsp3) is 0.556. The number of piperidine rings is 1. The van der Waals surface area contributed by atoms with Gasteiger partial charge in [-0.25, -0.2) is 4.79 Å². The van der Waals surface area contributed by atoms with Crippen molar-refractivity contribution < 1.29 is 19.1 Å².